The van der Waals surface area contributed by atoms with Gasteiger partial charge in [0.25, 0.3) is 0 Å². The van der Waals surface area contributed by atoms with Gasteiger partial charge in [-0.2, -0.15) is 0 Å². The van der Waals surface area contributed by atoms with Crippen molar-refractivity contribution in [3.8, 4) is 68.2 Å². The summed E-state index contributed by atoms with van der Waals surface area (Å²) in [6.45, 7) is 4.78. The Morgan fingerprint density at radius 1 is 0.388 bits per heavy atom. The molecule has 4 heterocycles. The van der Waals surface area contributed by atoms with Gasteiger partial charge in [0, 0.05) is 39.0 Å². The summed E-state index contributed by atoms with van der Waals surface area (Å²) in [5, 5.41) is 1.38. The summed E-state index contributed by atoms with van der Waals surface area (Å²) >= 11 is 0. The first-order valence-corrected chi connectivity index (χ1v) is 29.7. The monoisotopic (exact) mass is 1090 g/mol. The molecule has 10 nitrogen and oxygen atoms in total. The number of para-hydroxylation sites is 4. The summed E-state index contributed by atoms with van der Waals surface area (Å²) in [4.78, 5) is 4.06. The highest BCUT2D eigenvalue weighted by Gasteiger charge is 2.51. The number of fused-ring (bicyclic) bond motifs is 8. The molecule has 0 amide bonds. The van der Waals surface area contributed by atoms with Crippen LogP contribution in [0.1, 0.15) is 55.1 Å². The zero-order chi connectivity index (χ0) is 53.3. The Kier molecular flexibility index (Phi) is 12.7. The molecule has 0 fully saturated rings. The molecular formula is C68H56N2O8P2. The highest BCUT2D eigenvalue weighted by atomic mass is 31.2. The molecular weight excluding hydrogens is 1030 g/mol. The highest BCUT2D eigenvalue weighted by molar-refractivity contribution is 7.68. The standard InChI is InChI=1S/C67H52N2O8P2.CH4/c1-67(2,45-27-35-49(36-28-45)74-51-39-31-47(32-40-51)68-43-72-59-21-9-5-19-57(59)65(68)78(70)63-25-13-7-17-55(63)53-15-3-11-23-61(53)76-78)46-29-37-50(38-30-46)75-52-41-33-48(34-42-52)69-44-73-60-22-10-6-20-58(60)66(69)79(71)64-26-14-8-18-56(64)54-16-4-12-24-62(54)77-79;/h3-42,65-66H,43-44H2,1-2H3;1H4. The lowest BCUT2D eigenvalue weighted by Gasteiger charge is -2.43. The summed E-state index contributed by atoms with van der Waals surface area (Å²) in [5.74, 6) is 4.01. The maximum absolute atomic E-state index is 15.7. The third-order valence-electron chi connectivity index (χ3n) is 15.6. The zero-order valence-corrected chi connectivity index (χ0v) is 45.0. The summed E-state index contributed by atoms with van der Waals surface area (Å²) in [6, 6.07) is 78.9. The molecule has 4 aliphatic rings. The smallest absolute Gasteiger partial charge is 0.304 e. The molecule has 0 saturated heterocycles. The highest BCUT2D eigenvalue weighted by Crippen LogP contribution is 2.68. The molecule has 0 radical (unpaired) electrons. The van der Waals surface area contributed by atoms with Crippen LogP contribution in [-0.2, 0) is 14.5 Å². The van der Waals surface area contributed by atoms with Gasteiger partial charge in [0.15, 0.2) is 25.0 Å². The zero-order valence-electron chi connectivity index (χ0n) is 43.2. The first-order valence-electron chi connectivity index (χ1n) is 26.3. The van der Waals surface area contributed by atoms with Crippen molar-refractivity contribution >= 4 is 36.7 Å². The van der Waals surface area contributed by atoms with E-state index in [2.05, 4.69) is 38.1 Å². The van der Waals surface area contributed by atoms with Crippen LogP contribution in [0.4, 0.5) is 11.4 Å². The minimum atomic E-state index is -3.63. The normalized spacial score (nSPS) is 19.2. The van der Waals surface area contributed by atoms with E-state index in [0.29, 0.717) is 56.6 Å². The fourth-order valence-corrected chi connectivity index (χ4v) is 17.3. The Labute approximate surface area is 466 Å². The molecule has 10 aromatic rings. The van der Waals surface area contributed by atoms with Gasteiger partial charge >= 0.3 is 14.7 Å². The molecule has 0 N–H and O–H groups in total. The SMILES string of the molecule is C.CC(C)(c1ccc(Oc2ccc(N3COc4ccccc4C3P3(=O)Oc4ccccc4-c4ccccc43)cc2)cc1)c1ccc(Oc2ccc(N3COc4ccccc4C3P3(=O)Oc4ccccc4-c4ccccc43)cc2)cc1. The van der Waals surface area contributed by atoms with Gasteiger partial charge in [-0.05, 0) is 131 Å². The molecule has 80 heavy (non-hydrogen) atoms. The molecule has 14 rings (SSSR count). The van der Waals surface area contributed by atoms with Gasteiger partial charge in [-0.25, -0.2) is 0 Å². The fraction of sp³-hybridized carbons (Fsp3) is 0.118. The number of rotatable bonds is 10. The Balaban J connectivity index is 0.00000605. The average Bonchev–Trinajstić information content (AvgIpc) is 3.34. The van der Waals surface area contributed by atoms with Crippen LogP contribution in [0.15, 0.2) is 243 Å². The predicted molar refractivity (Wildman–Crippen MR) is 319 cm³/mol. The third kappa shape index (κ3) is 8.58. The molecule has 0 spiro atoms. The van der Waals surface area contributed by atoms with Crippen molar-refractivity contribution in [1.82, 2.24) is 0 Å². The van der Waals surface area contributed by atoms with E-state index in [4.69, 9.17) is 28.0 Å². The third-order valence-corrected chi connectivity index (χ3v) is 21.1. The Bertz CT molecular complexity index is 3790. The lowest BCUT2D eigenvalue weighted by molar-refractivity contribution is 0.281. The van der Waals surface area contributed by atoms with Gasteiger partial charge in [-0.1, -0.05) is 155 Å². The van der Waals surface area contributed by atoms with E-state index in [1.807, 2.05) is 228 Å². The minimum absolute atomic E-state index is 0. The summed E-state index contributed by atoms with van der Waals surface area (Å²) < 4.78 is 70.2. The summed E-state index contributed by atoms with van der Waals surface area (Å²) in [6.07, 6.45) is 0. The van der Waals surface area contributed by atoms with Crippen LogP contribution in [0, 0.1) is 0 Å². The molecule has 0 aliphatic carbocycles. The van der Waals surface area contributed by atoms with Crippen LogP contribution in [0.3, 0.4) is 0 Å². The van der Waals surface area contributed by atoms with Crippen molar-refractivity contribution in [3.63, 3.8) is 0 Å². The minimum Gasteiger partial charge on any atom is -0.473 e. The molecule has 0 bridgehead atoms. The van der Waals surface area contributed by atoms with Crippen molar-refractivity contribution in [2.45, 2.75) is 38.3 Å². The van der Waals surface area contributed by atoms with Gasteiger partial charge in [0.2, 0.25) is 0 Å². The maximum atomic E-state index is 15.7. The average molecular weight is 1090 g/mol. The van der Waals surface area contributed by atoms with E-state index in [1.54, 1.807) is 0 Å². The van der Waals surface area contributed by atoms with E-state index in [-0.39, 0.29) is 26.3 Å². The lowest BCUT2D eigenvalue weighted by atomic mass is 9.78. The van der Waals surface area contributed by atoms with Crippen molar-refractivity contribution < 1.29 is 37.1 Å². The Morgan fingerprint density at radius 2 is 0.700 bits per heavy atom. The fourth-order valence-electron chi connectivity index (χ4n) is 11.5. The summed E-state index contributed by atoms with van der Waals surface area (Å²) in [7, 11) is -7.26. The molecule has 4 unspecified atom stereocenters. The van der Waals surface area contributed by atoms with Gasteiger partial charge in [0.05, 0.1) is 10.6 Å². The van der Waals surface area contributed by atoms with Crippen LogP contribution in [0.5, 0.6) is 46.0 Å². The molecule has 12 heteroatoms. The van der Waals surface area contributed by atoms with Crippen LogP contribution < -0.4 is 48.4 Å². The number of anilines is 2. The molecule has 10 aromatic carbocycles. The van der Waals surface area contributed by atoms with E-state index in [1.165, 1.54) is 0 Å². The van der Waals surface area contributed by atoms with Crippen molar-refractivity contribution in [1.29, 1.82) is 0 Å². The number of ether oxygens (including phenoxy) is 4. The number of benzene rings is 10. The van der Waals surface area contributed by atoms with Gasteiger partial charge in [0.1, 0.15) is 46.0 Å². The van der Waals surface area contributed by atoms with Gasteiger partial charge < -0.3 is 37.8 Å². The van der Waals surface area contributed by atoms with Gasteiger partial charge in [-0.3, -0.25) is 9.13 Å². The second-order valence-electron chi connectivity index (χ2n) is 20.6. The van der Waals surface area contributed by atoms with E-state index >= 15 is 9.13 Å². The molecule has 4 aliphatic heterocycles. The van der Waals surface area contributed by atoms with Crippen molar-refractivity contribution in [3.05, 3.63) is 265 Å². The van der Waals surface area contributed by atoms with Crippen molar-refractivity contribution in [2.24, 2.45) is 0 Å². The predicted octanol–water partition coefficient (Wildman–Crippen LogP) is 17.3. The lowest BCUT2D eigenvalue weighted by Crippen LogP contribution is -2.40. The second-order valence-corrected chi connectivity index (χ2v) is 25.3. The number of hydrogen-bond donors (Lipinski definition) is 0. The molecule has 4 atom stereocenters. The second kappa shape index (κ2) is 20.1. The van der Waals surface area contributed by atoms with E-state index < -0.39 is 26.3 Å². The largest absolute Gasteiger partial charge is 0.473 e. The quantitative estimate of drug-likeness (QED) is 0.123. The molecule has 0 aromatic heterocycles. The van der Waals surface area contributed by atoms with E-state index in [0.717, 1.165) is 55.9 Å². The van der Waals surface area contributed by atoms with Crippen LogP contribution in [0.2, 0.25) is 0 Å². The molecule has 0 saturated carbocycles. The molecule has 396 valence electrons. The van der Waals surface area contributed by atoms with Crippen molar-refractivity contribution in [2.75, 3.05) is 23.3 Å². The van der Waals surface area contributed by atoms with Crippen LogP contribution >= 0.6 is 14.7 Å². The first kappa shape index (κ1) is 50.6. The van der Waals surface area contributed by atoms with Crippen LogP contribution in [-0.4, -0.2) is 13.5 Å². The number of hydrogen-bond acceptors (Lipinski definition) is 10. The number of nitrogens with zero attached hydrogens (tertiary/aromatic N) is 2. The first-order chi connectivity index (χ1) is 38.6. The van der Waals surface area contributed by atoms with Crippen LogP contribution in [0.25, 0.3) is 22.3 Å². The summed E-state index contributed by atoms with van der Waals surface area (Å²) in [5.41, 5.74) is 8.83. The topological polar surface area (TPSA) is 96.0 Å². The Hall–Kier alpha value is -8.94. The Morgan fingerprint density at radius 3 is 1.09 bits per heavy atom. The maximum Gasteiger partial charge on any atom is 0.304 e. The van der Waals surface area contributed by atoms with E-state index in [9.17, 15) is 0 Å². The van der Waals surface area contributed by atoms with Gasteiger partial charge in [-0.15, -0.1) is 0 Å².